The molecular weight excluding hydrogens is 276 g/mol. The molecule has 6 heteroatoms. The molecule has 0 spiro atoms. The van der Waals surface area contributed by atoms with Gasteiger partial charge in [-0.2, -0.15) is 0 Å². The van der Waals surface area contributed by atoms with E-state index in [9.17, 15) is 13.2 Å². The summed E-state index contributed by atoms with van der Waals surface area (Å²) in [4.78, 5) is 14.3. The van der Waals surface area contributed by atoms with Crippen LogP contribution in [0.15, 0.2) is 24.3 Å². The molecule has 0 bridgehead atoms. The van der Waals surface area contributed by atoms with E-state index in [2.05, 4.69) is 5.32 Å². The highest BCUT2D eigenvalue weighted by Gasteiger charge is 2.32. The van der Waals surface area contributed by atoms with E-state index in [0.717, 1.165) is 24.2 Å². The van der Waals surface area contributed by atoms with Crippen LogP contribution in [0.5, 0.6) is 0 Å². The highest BCUT2D eigenvalue weighted by atomic mass is 32.2. The molecule has 20 heavy (non-hydrogen) atoms. The first-order valence-corrected chi connectivity index (χ1v) is 8.71. The van der Waals surface area contributed by atoms with E-state index < -0.39 is 9.84 Å². The zero-order valence-electron chi connectivity index (χ0n) is 11.2. The Morgan fingerprint density at radius 2 is 1.90 bits per heavy atom. The SMILES string of the molecule is O=C(C1CCNc2ccccc21)N1CCS(=O)(=O)CC1. The molecule has 2 aliphatic heterocycles. The summed E-state index contributed by atoms with van der Waals surface area (Å²) in [7, 11) is -2.95. The number of carbonyl (C=O) groups excluding carboxylic acids is 1. The molecule has 1 aromatic carbocycles. The van der Waals surface area contributed by atoms with Gasteiger partial charge in [-0.25, -0.2) is 8.42 Å². The molecular formula is C14H18N2O3S. The quantitative estimate of drug-likeness (QED) is 0.833. The molecule has 1 fully saturated rings. The van der Waals surface area contributed by atoms with Crippen LogP contribution in [0.25, 0.3) is 0 Å². The lowest BCUT2D eigenvalue weighted by Crippen LogP contribution is -2.46. The fraction of sp³-hybridized carbons (Fsp3) is 0.500. The molecule has 0 saturated carbocycles. The molecule has 0 aliphatic carbocycles. The van der Waals surface area contributed by atoms with Crippen molar-refractivity contribution in [1.29, 1.82) is 0 Å². The molecule has 0 aromatic heterocycles. The highest BCUT2D eigenvalue weighted by Crippen LogP contribution is 2.32. The summed E-state index contributed by atoms with van der Waals surface area (Å²) in [6.45, 7) is 1.43. The molecule has 1 saturated heterocycles. The maximum atomic E-state index is 12.6. The molecule has 108 valence electrons. The maximum Gasteiger partial charge on any atom is 0.230 e. The number of amides is 1. The monoisotopic (exact) mass is 294 g/mol. The lowest BCUT2D eigenvalue weighted by molar-refractivity contribution is -0.132. The predicted molar refractivity (Wildman–Crippen MR) is 77.5 cm³/mol. The fourth-order valence-electron chi connectivity index (χ4n) is 2.88. The molecule has 1 atom stereocenters. The largest absolute Gasteiger partial charge is 0.385 e. The molecule has 0 radical (unpaired) electrons. The van der Waals surface area contributed by atoms with Crippen LogP contribution in [-0.2, 0) is 14.6 Å². The van der Waals surface area contributed by atoms with Crippen molar-refractivity contribution in [2.24, 2.45) is 0 Å². The third kappa shape index (κ3) is 2.52. The van der Waals surface area contributed by atoms with E-state index in [1.807, 2.05) is 24.3 Å². The second kappa shape index (κ2) is 5.09. The van der Waals surface area contributed by atoms with Gasteiger partial charge in [0, 0.05) is 25.3 Å². The first kappa shape index (κ1) is 13.4. The van der Waals surface area contributed by atoms with Gasteiger partial charge in [0.1, 0.15) is 0 Å². The number of benzene rings is 1. The molecule has 5 nitrogen and oxygen atoms in total. The van der Waals surface area contributed by atoms with Crippen molar-refractivity contribution in [2.75, 3.05) is 36.5 Å². The minimum atomic E-state index is -2.95. The average molecular weight is 294 g/mol. The van der Waals surface area contributed by atoms with Crippen LogP contribution in [0, 0.1) is 0 Å². The van der Waals surface area contributed by atoms with Gasteiger partial charge in [0.05, 0.1) is 17.4 Å². The van der Waals surface area contributed by atoms with E-state index in [4.69, 9.17) is 0 Å². The van der Waals surface area contributed by atoms with Crippen LogP contribution in [0.4, 0.5) is 5.69 Å². The van der Waals surface area contributed by atoms with Gasteiger partial charge in [-0.1, -0.05) is 18.2 Å². The Bertz CT molecular complexity index is 613. The van der Waals surface area contributed by atoms with Crippen molar-refractivity contribution in [3.05, 3.63) is 29.8 Å². The van der Waals surface area contributed by atoms with Crippen LogP contribution in [-0.4, -0.2) is 50.4 Å². The van der Waals surface area contributed by atoms with Gasteiger partial charge in [-0.05, 0) is 18.1 Å². The minimum Gasteiger partial charge on any atom is -0.385 e. The number of rotatable bonds is 1. The molecule has 1 aromatic rings. The number of hydrogen-bond acceptors (Lipinski definition) is 4. The lowest BCUT2D eigenvalue weighted by atomic mass is 9.90. The van der Waals surface area contributed by atoms with Gasteiger partial charge in [0.25, 0.3) is 0 Å². The lowest BCUT2D eigenvalue weighted by Gasteiger charge is -2.33. The van der Waals surface area contributed by atoms with E-state index in [-0.39, 0.29) is 23.3 Å². The number of hydrogen-bond donors (Lipinski definition) is 1. The van der Waals surface area contributed by atoms with Crippen molar-refractivity contribution in [2.45, 2.75) is 12.3 Å². The van der Waals surface area contributed by atoms with Crippen LogP contribution in [0.1, 0.15) is 17.9 Å². The van der Waals surface area contributed by atoms with Crippen molar-refractivity contribution in [1.82, 2.24) is 4.90 Å². The number of nitrogens with one attached hydrogen (secondary N) is 1. The number of nitrogens with zero attached hydrogens (tertiary/aromatic N) is 1. The van der Waals surface area contributed by atoms with E-state index in [1.54, 1.807) is 4.90 Å². The Morgan fingerprint density at radius 3 is 2.65 bits per heavy atom. The van der Waals surface area contributed by atoms with Crippen molar-refractivity contribution in [3.8, 4) is 0 Å². The molecule has 2 aliphatic rings. The van der Waals surface area contributed by atoms with Gasteiger partial charge in [0.2, 0.25) is 5.91 Å². The smallest absolute Gasteiger partial charge is 0.230 e. The van der Waals surface area contributed by atoms with Crippen LogP contribution in [0.3, 0.4) is 0 Å². The van der Waals surface area contributed by atoms with Crippen LogP contribution < -0.4 is 5.32 Å². The highest BCUT2D eigenvalue weighted by molar-refractivity contribution is 7.91. The fourth-order valence-corrected chi connectivity index (χ4v) is 4.08. The summed E-state index contributed by atoms with van der Waals surface area (Å²) in [5.74, 6) is 0.0959. The van der Waals surface area contributed by atoms with Gasteiger partial charge in [0.15, 0.2) is 9.84 Å². The van der Waals surface area contributed by atoms with Gasteiger partial charge in [-0.3, -0.25) is 4.79 Å². The van der Waals surface area contributed by atoms with Crippen molar-refractivity contribution in [3.63, 3.8) is 0 Å². The summed E-state index contributed by atoms with van der Waals surface area (Å²) in [5.41, 5.74) is 2.04. The third-order valence-corrected chi connectivity index (χ3v) is 5.65. The molecule has 2 heterocycles. The van der Waals surface area contributed by atoms with Gasteiger partial charge < -0.3 is 10.2 Å². The summed E-state index contributed by atoms with van der Waals surface area (Å²) in [6, 6.07) is 7.85. The second-order valence-corrected chi connectivity index (χ2v) is 7.64. The summed E-state index contributed by atoms with van der Waals surface area (Å²) < 4.78 is 22.9. The molecule has 1 unspecified atom stereocenters. The first-order chi connectivity index (χ1) is 9.57. The summed E-state index contributed by atoms with van der Waals surface area (Å²) in [6.07, 6.45) is 0.763. The Morgan fingerprint density at radius 1 is 1.20 bits per heavy atom. The number of para-hydroxylation sites is 1. The van der Waals surface area contributed by atoms with Gasteiger partial charge >= 0.3 is 0 Å². The zero-order chi connectivity index (χ0) is 14.2. The van der Waals surface area contributed by atoms with Crippen molar-refractivity contribution >= 4 is 21.4 Å². The standard InChI is InChI=1S/C14H18N2O3S/c17-14(16-7-9-20(18,19)10-8-16)12-5-6-15-13-4-2-1-3-11(12)13/h1-4,12,15H,5-10H2. The van der Waals surface area contributed by atoms with Crippen molar-refractivity contribution < 1.29 is 13.2 Å². The Kier molecular flexibility index (Phi) is 3.41. The number of sulfone groups is 1. The van der Waals surface area contributed by atoms with Crippen LogP contribution >= 0.6 is 0 Å². The number of anilines is 1. The van der Waals surface area contributed by atoms with Crippen LogP contribution in [0.2, 0.25) is 0 Å². The topological polar surface area (TPSA) is 66.5 Å². The maximum absolute atomic E-state index is 12.6. The predicted octanol–water partition coefficient (Wildman–Crippen LogP) is 0.843. The Hall–Kier alpha value is -1.56. The van der Waals surface area contributed by atoms with Gasteiger partial charge in [-0.15, -0.1) is 0 Å². The molecule has 1 amide bonds. The summed E-state index contributed by atoms with van der Waals surface area (Å²) >= 11 is 0. The molecule has 1 N–H and O–H groups in total. The van der Waals surface area contributed by atoms with E-state index >= 15 is 0 Å². The normalized spacial score (nSPS) is 24.6. The minimum absolute atomic E-state index is 0.0638. The summed E-state index contributed by atoms with van der Waals surface area (Å²) in [5, 5.41) is 3.30. The first-order valence-electron chi connectivity index (χ1n) is 6.89. The van der Waals surface area contributed by atoms with E-state index in [1.165, 1.54) is 0 Å². The van der Waals surface area contributed by atoms with E-state index in [0.29, 0.717) is 13.1 Å². The Balaban J connectivity index is 1.79. The average Bonchev–Trinajstić information content (AvgIpc) is 2.46. The number of fused-ring (bicyclic) bond motifs is 1. The molecule has 3 rings (SSSR count). The number of carbonyl (C=O) groups is 1. The zero-order valence-corrected chi connectivity index (χ0v) is 12.0. The second-order valence-electron chi connectivity index (χ2n) is 5.33. The Labute approximate surface area is 118 Å². The third-order valence-electron chi connectivity index (χ3n) is 4.04.